The molecule has 0 rings (SSSR count). The summed E-state index contributed by atoms with van der Waals surface area (Å²) in [5.41, 5.74) is -3.35. The molecule has 0 saturated carbocycles. The highest BCUT2D eigenvalue weighted by molar-refractivity contribution is 5.98. The maximum Gasteiger partial charge on any atom is 0.460 e. The van der Waals surface area contributed by atoms with Gasteiger partial charge in [-0.3, -0.25) is 0 Å². The highest BCUT2D eigenvalue weighted by atomic mass is 19.4. The summed E-state index contributed by atoms with van der Waals surface area (Å²) >= 11 is 0. The van der Waals surface area contributed by atoms with E-state index in [9.17, 15) is 88.6 Å². The Balaban J connectivity index is 5.91. The number of alkyl halides is 18. The van der Waals surface area contributed by atoms with E-state index in [1.807, 2.05) is 0 Å². The van der Waals surface area contributed by atoms with Gasteiger partial charge in [-0.2, -0.15) is 79.0 Å². The number of halogens is 18. The molecule has 0 bridgehead atoms. The first kappa shape index (κ1) is 37.4. The van der Waals surface area contributed by atoms with Gasteiger partial charge in [0.05, 0.1) is 0 Å². The first-order valence-corrected chi connectivity index (χ1v) is 9.92. The van der Waals surface area contributed by atoms with E-state index in [0.29, 0.717) is 0 Å². The summed E-state index contributed by atoms with van der Waals surface area (Å²) in [6, 6.07) is 0. The fraction of sp³-hybridized carbons (Fsp3) is 0.778. The molecule has 0 aromatic rings. The quantitative estimate of drug-likeness (QED) is 0.151. The predicted octanol–water partition coefficient (Wildman–Crippen LogP) is 7.73. The molecule has 22 heteroatoms. The Bertz CT molecular complexity index is 885. The molecule has 0 fully saturated rings. The second kappa shape index (κ2) is 11.4. The van der Waals surface area contributed by atoms with Crippen LogP contribution in [-0.2, 0) is 9.59 Å². The molecule has 4 nitrogen and oxygen atoms in total. The lowest BCUT2D eigenvalue weighted by molar-refractivity contribution is -0.396. The molecule has 0 spiro atoms. The van der Waals surface area contributed by atoms with Crippen LogP contribution in [0.5, 0.6) is 0 Å². The normalized spacial score (nSPS) is 15.7. The van der Waals surface area contributed by atoms with Gasteiger partial charge in [-0.1, -0.05) is 0 Å². The summed E-state index contributed by atoms with van der Waals surface area (Å²) in [6.45, 7) is 0. The van der Waals surface area contributed by atoms with Crippen molar-refractivity contribution in [3.8, 4) is 0 Å². The first-order chi connectivity index (χ1) is 17.3. The number of aliphatic carboxylic acids is 2. The molecule has 0 unspecified atom stereocenters. The molecular formula is C18H14F18O4. The molecule has 0 radical (unpaired) electrons. The summed E-state index contributed by atoms with van der Waals surface area (Å²) in [5.74, 6) is -46.2. The van der Waals surface area contributed by atoms with Crippen molar-refractivity contribution in [2.45, 2.75) is 86.4 Å². The van der Waals surface area contributed by atoms with E-state index < -0.39 is 109 Å². The van der Waals surface area contributed by atoms with E-state index in [-0.39, 0.29) is 0 Å². The molecule has 0 aromatic carbocycles. The fourth-order valence-electron chi connectivity index (χ4n) is 2.88. The summed E-state index contributed by atoms with van der Waals surface area (Å²) in [4.78, 5) is 22.5. The Morgan fingerprint density at radius 1 is 0.425 bits per heavy atom. The van der Waals surface area contributed by atoms with Crippen LogP contribution < -0.4 is 0 Å². The SMILES string of the molecule is O=C(O)/C(CCCC(F)(F)C(F)(F)C(F)(F)C(F)(F)F)=C(/CCCC(F)(F)C(F)(F)C(F)(F)C(F)(F)F)C(=O)O. The van der Waals surface area contributed by atoms with Gasteiger partial charge in [0.25, 0.3) is 0 Å². The van der Waals surface area contributed by atoms with Crippen molar-refractivity contribution < 1.29 is 98.8 Å². The monoisotopic (exact) mass is 636 g/mol. The van der Waals surface area contributed by atoms with Crippen molar-refractivity contribution in [2.75, 3.05) is 0 Å². The van der Waals surface area contributed by atoms with E-state index in [1.165, 1.54) is 0 Å². The number of rotatable bonds is 14. The minimum Gasteiger partial charge on any atom is -0.478 e. The number of hydrogen-bond donors (Lipinski definition) is 2. The third-order valence-corrected chi connectivity index (χ3v) is 5.14. The Morgan fingerprint density at radius 3 is 0.825 bits per heavy atom. The Hall–Kier alpha value is -2.58. The minimum absolute atomic E-state index is 1.67. The van der Waals surface area contributed by atoms with Crippen molar-refractivity contribution in [3.63, 3.8) is 0 Å². The number of carbonyl (C=O) groups is 2. The molecular weight excluding hydrogens is 622 g/mol. The second-order valence-corrected chi connectivity index (χ2v) is 7.98. The molecule has 0 aliphatic heterocycles. The van der Waals surface area contributed by atoms with Gasteiger partial charge in [-0.15, -0.1) is 0 Å². The van der Waals surface area contributed by atoms with Gasteiger partial charge in [-0.05, 0) is 25.7 Å². The highest BCUT2D eigenvalue weighted by Gasteiger charge is 2.82. The predicted molar refractivity (Wildman–Crippen MR) is 91.8 cm³/mol. The molecule has 0 aromatic heterocycles. The van der Waals surface area contributed by atoms with E-state index >= 15 is 0 Å². The Labute approximate surface area is 209 Å². The maximum absolute atomic E-state index is 13.6. The third kappa shape index (κ3) is 7.00. The zero-order valence-corrected chi connectivity index (χ0v) is 18.8. The van der Waals surface area contributed by atoms with Crippen molar-refractivity contribution in [3.05, 3.63) is 11.1 Å². The standard InChI is InChI=1S/C18H14F18O4/c19-11(20,13(23,24)15(27,28)17(31,32)33)5-1-3-7(9(37)38)8(10(39)40)4-2-6-12(21,22)14(25,26)16(29,30)18(34,35)36/h1-6H2,(H,37,38)(H,39,40)/b8-7-. The maximum atomic E-state index is 13.6. The second-order valence-electron chi connectivity index (χ2n) is 7.98. The topological polar surface area (TPSA) is 74.6 Å². The fourth-order valence-corrected chi connectivity index (χ4v) is 2.88. The van der Waals surface area contributed by atoms with Gasteiger partial charge in [-0.25, -0.2) is 9.59 Å². The lowest BCUT2D eigenvalue weighted by atomic mass is 9.93. The van der Waals surface area contributed by atoms with Gasteiger partial charge in [0.15, 0.2) is 0 Å². The third-order valence-electron chi connectivity index (χ3n) is 5.14. The van der Waals surface area contributed by atoms with Crippen molar-refractivity contribution in [2.24, 2.45) is 0 Å². The van der Waals surface area contributed by atoms with Crippen LogP contribution in [0.1, 0.15) is 38.5 Å². The molecule has 0 heterocycles. The molecule has 0 aliphatic rings. The van der Waals surface area contributed by atoms with Crippen molar-refractivity contribution >= 4 is 11.9 Å². The Morgan fingerprint density at radius 2 is 0.650 bits per heavy atom. The molecule has 0 amide bonds. The van der Waals surface area contributed by atoms with E-state index in [0.717, 1.165) is 0 Å². The van der Waals surface area contributed by atoms with Crippen LogP contribution in [0.15, 0.2) is 11.1 Å². The van der Waals surface area contributed by atoms with Crippen LogP contribution in [0.3, 0.4) is 0 Å². The van der Waals surface area contributed by atoms with Gasteiger partial charge in [0.1, 0.15) is 0 Å². The van der Waals surface area contributed by atoms with Crippen LogP contribution in [-0.4, -0.2) is 70.0 Å². The zero-order chi connectivity index (χ0) is 32.6. The van der Waals surface area contributed by atoms with Gasteiger partial charge >= 0.3 is 59.8 Å². The van der Waals surface area contributed by atoms with Crippen molar-refractivity contribution in [1.82, 2.24) is 0 Å². The average Bonchev–Trinajstić information content (AvgIpc) is 2.72. The van der Waals surface area contributed by atoms with Crippen LogP contribution in [0.4, 0.5) is 79.0 Å². The smallest absolute Gasteiger partial charge is 0.460 e. The largest absolute Gasteiger partial charge is 0.478 e. The number of hydrogen-bond acceptors (Lipinski definition) is 2. The van der Waals surface area contributed by atoms with E-state index in [2.05, 4.69) is 0 Å². The van der Waals surface area contributed by atoms with Crippen LogP contribution in [0.25, 0.3) is 0 Å². The van der Waals surface area contributed by atoms with E-state index in [1.54, 1.807) is 0 Å². The molecule has 40 heavy (non-hydrogen) atoms. The summed E-state index contributed by atoms with van der Waals surface area (Å²) in [5, 5.41) is 18.0. The summed E-state index contributed by atoms with van der Waals surface area (Å²) < 4.78 is 231. The van der Waals surface area contributed by atoms with Gasteiger partial charge in [0.2, 0.25) is 0 Å². The summed E-state index contributed by atoms with van der Waals surface area (Å²) in [7, 11) is 0. The molecule has 2 N–H and O–H groups in total. The van der Waals surface area contributed by atoms with E-state index in [4.69, 9.17) is 10.2 Å². The molecule has 0 aliphatic carbocycles. The minimum atomic E-state index is -7.31. The van der Waals surface area contributed by atoms with Crippen molar-refractivity contribution in [1.29, 1.82) is 0 Å². The zero-order valence-electron chi connectivity index (χ0n) is 18.8. The van der Waals surface area contributed by atoms with Crippen LogP contribution in [0, 0.1) is 0 Å². The first-order valence-electron chi connectivity index (χ1n) is 9.92. The lowest BCUT2D eigenvalue weighted by Gasteiger charge is -2.33. The average molecular weight is 636 g/mol. The summed E-state index contributed by atoms with van der Waals surface area (Å²) in [6.07, 6.45) is -26.6. The van der Waals surface area contributed by atoms with Gasteiger partial charge < -0.3 is 10.2 Å². The molecule has 0 atom stereocenters. The number of carboxylic acid groups (broad SMARTS) is 2. The number of carboxylic acids is 2. The lowest BCUT2D eigenvalue weighted by Crippen LogP contribution is -2.60. The molecule has 236 valence electrons. The highest BCUT2D eigenvalue weighted by Crippen LogP contribution is 2.55. The Kier molecular flexibility index (Phi) is 10.6. The van der Waals surface area contributed by atoms with Crippen LogP contribution in [0.2, 0.25) is 0 Å². The van der Waals surface area contributed by atoms with Crippen LogP contribution >= 0.6 is 0 Å². The molecule has 0 saturated heterocycles. The van der Waals surface area contributed by atoms with Gasteiger partial charge in [0, 0.05) is 24.0 Å².